The molecule has 2 heterocycles. The molecule has 1 aromatic carbocycles. The molecule has 1 N–H and O–H groups in total. The summed E-state index contributed by atoms with van der Waals surface area (Å²) in [4.78, 5) is 20.1. The van der Waals surface area contributed by atoms with Gasteiger partial charge in [-0.2, -0.15) is 0 Å². The largest absolute Gasteiger partial charge is 0.339 e. The maximum absolute atomic E-state index is 13.3. The van der Waals surface area contributed by atoms with E-state index in [4.69, 9.17) is 16.6 Å². The van der Waals surface area contributed by atoms with Gasteiger partial charge in [0.1, 0.15) is 0 Å². The molecule has 1 amide bonds. The van der Waals surface area contributed by atoms with E-state index in [0.717, 1.165) is 61.2 Å². The summed E-state index contributed by atoms with van der Waals surface area (Å²) in [7, 11) is 0. The number of nitrogens with one attached hydrogen (secondary N) is 1. The summed E-state index contributed by atoms with van der Waals surface area (Å²) < 4.78 is 0. The fourth-order valence-electron chi connectivity index (χ4n) is 3.84. The van der Waals surface area contributed by atoms with Gasteiger partial charge >= 0.3 is 0 Å². The molecular formula is C21H28Cl3N3O. The Balaban J connectivity index is 0.00000140. The minimum Gasteiger partial charge on any atom is -0.339 e. The van der Waals surface area contributed by atoms with Gasteiger partial charge in [-0.15, -0.1) is 24.8 Å². The molecule has 0 bridgehead atoms. The van der Waals surface area contributed by atoms with Crippen LogP contribution in [-0.4, -0.2) is 42.0 Å². The van der Waals surface area contributed by atoms with Crippen LogP contribution in [0, 0.1) is 5.92 Å². The molecule has 4 nitrogen and oxygen atoms in total. The number of carbonyl (C=O) groups excluding carboxylic acids is 1. The molecule has 1 aliphatic heterocycles. The van der Waals surface area contributed by atoms with Crippen LogP contribution in [0.4, 0.5) is 0 Å². The van der Waals surface area contributed by atoms with E-state index in [-0.39, 0.29) is 30.7 Å². The number of halogens is 3. The van der Waals surface area contributed by atoms with E-state index in [1.54, 1.807) is 0 Å². The average Bonchev–Trinajstić information content (AvgIpc) is 3.51. The number of nitrogens with zero attached hydrogens (tertiary/aromatic N) is 2. The van der Waals surface area contributed by atoms with Gasteiger partial charge in [-0.25, -0.2) is 0 Å². The summed E-state index contributed by atoms with van der Waals surface area (Å²) in [5, 5.41) is 4.95. The van der Waals surface area contributed by atoms with E-state index in [1.807, 2.05) is 29.2 Å². The van der Waals surface area contributed by atoms with Gasteiger partial charge in [-0.1, -0.05) is 18.5 Å². The highest BCUT2D eigenvalue weighted by Crippen LogP contribution is 2.40. The number of fused-ring (bicyclic) bond motifs is 1. The molecule has 2 aromatic rings. The third-order valence-electron chi connectivity index (χ3n) is 5.60. The van der Waals surface area contributed by atoms with Crippen molar-refractivity contribution in [3.63, 3.8) is 0 Å². The molecule has 2 aliphatic rings. The van der Waals surface area contributed by atoms with Crippen molar-refractivity contribution in [1.82, 2.24) is 15.2 Å². The van der Waals surface area contributed by atoms with Gasteiger partial charge in [0.25, 0.3) is 5.91 Å². The van der Waals surface area contributed by atoms with Crippen molar-refractivity contribution in [2.45, 2.75) is 38.5 Å². The first-order valence-corrected chi connectivity index (χ1v) is 10.1. The molecule has 28 heavy (non-hydrogen) atoms. The first kappa shape index (κ1) is 23.2. The van der Waals surface area contributed by atoms with Crippen molar-refractivity contribution < 1.29 is 4.79 Å². The van der Waals surface area contributed by atoms with Crippen LogP contribution in [0.3, 0.4) is 0 Å². The summed E-state index contributed by atoms with van der Waals surface area (Å²) in [5.74, 6) is 1.32. The Kier molecular flexibility index (Phi) is 8.38. The minimum atomic E-state index is 0. The zero-order valence-electron chi connectivity index (χ0n) is 16.1. The lowest BCUT2D eigenvalue weighted by molar-refractivity contribution is 0.0692. The topological polar surface area (TPSA) is 45.2 Å². The van der Waals surface area contributed by atoms with Crippen LogP contribution in [0.25, 0.3) is 10.9 Å². The van der Waals surface area contributed by atoms with Crippen molar-refractivity contribution in [3.05, 3.63) is 40.5 Å². The number of hydrogen-bond donors (Lipinski definition) is 1. The molecule has 154 valence electrons. The van der Waals surface area contributed by atoms with Crippen LogP contribution in [0.15, 0.2) is 24.3 Å². The number of rotatable bonds is 5. The average molecular weight is 445 g/mol. The molecule has 1 aliphatic carbocycles. The fourth-order valence-corrected chi connectivity index (χ4v) is 4.01. The Morgan fingerprint density at radius 3 is 2.54 bits per heavy atom. The zero-order chi connectivity index (χ0) is 18.1. The molecule has 1 aromatic heterocycles. The van der Waals surface area contributed by atoms with Crippen molar-refractivity contribution >= 4 is 53.2 Å². The van der Waals surface area contributed by atoms with Crippen molar-refractivity contribution in [1.29, 1.82) is 0 Å². The first-order chi connectivity index (χ1) is 12.7. The highest BCUT2D eigenvalue weighted by molar-refractivity contribution is 6.31. The molecule has 7 heteroatoms. The molecule has 1 saturated heterocycles. The molecular weight excluding hydrogens is 417 g/mol. The van der Waals surface area contributed by atoms with Gasteiger partial charge in [0.15, 0.2) is 0 Å². The van der Waals surface area contributed by atoms with Crippen LogP contribution in [0.2, 0.25) is 5.02 Å². The minimum absolute atomic E-state index is 0. The number of carbonyl (C=O) groups is 1. The highest BCUT2D eigenvalue weighted by atomic mass is 35.5. The van der Waals surface area contributed by atoms with E-state index in [0.29, 0.717) is 16.9 Å². The van der Waals surface area contributed by atoms with Crippen LogP contribution in [-0.2, 0) is 0 Å². The third-order valence-corrected chi connectivity index (χ3v) is 5.84. The smallest absolute Gasteiger partial charge is 0.254 e. The second kappa shape index (κ2) is 10.1. The lowest BCUT2D eigenvalue weighted by atomic mass is 9.95. The fraction of sp³-hybridized carbons (Fsp3) is 0.524. The van der Waals surface area contributed by atoms with Crippen molar-refractivity contribution in [3.8, 4) is 0 Å². The van der Waals surface area contributed by atoms with E-state index in [1.165, 1.54) is 12.8 Å². The Morgan fingerprint density at radius 2 is 1.89 bits per heavy atom. The number of benzene rings is 1. The lowest BCUT2D eigenvalue weighted by Crippen LogP contribution is -2.40. The Morgan fingerprint density at radius 1 is 1.18 bits per heavy atom. The van der Waals surface area contributed by atoms with Crippen LogP contribution >= 0.6 is 36.4 Å². The Labute approximate surface area is 184 Å². The second-order valence-electron chi connectivity index (χ2n) is 7.57. The maximum Gasteiger partial charge on any atom is 0.254 e. The monoisotopic (exact) mass is 443 g/mol. The molecule has 4 rings (SSSR count). The quantitative estimate of drug-likeness (QED) is 0.700. The molecule has 2 fully saturated rings. The number of hydrogen-bond acceptors (Lipinski definition) is 3. The van der Waals surface area contributed by atoms with Gasteiger partial charge in [0, 0.05) is 35.1 Å². The Hall–Kier alpha value is -1.07. The maximum atomic E-state index is 13.3. The number of aromatic nitrogens is 1. The number of piperidine rings is 1. The zero-order valence-corrected chi connectivity index (χ0v) is 18.5. The van der Waals surface area contributed by atoms with E-state index < -0.39 is 0 Å². The normalized spacial score (nSPS) is 17.1. The van der Waals surface area contributed by atoms with Crippen LogP contribution in [0.1, 0.15) is 54.6 Å². The van der Waals surface area contributed by atoms with Crippen LogP contribution in [0.5, 0.6) is 0 Å². The second-order valence-corrected chi connectivity index (χ2v) is 8.01. The molecule has 1 saturated carbocycles. The predicted molar refractivity (Wildman–Crippen MR) is 120 cm³/mol. The summed E-state index contributed by atoms with van der Waals surface area (Å²) >= 11 is 6.20. The molecule has 0 radical (unpaired) electrons. The van der Waals surface area contributed by atoms with Crippen molar-refractivity contribution in [2.24, 2.45) is 5.92 Å². The summed E-state index contributed by atoms with van der Waals surface area (Å²) in [5.41, 5.74) is 2.71. The van der Waals surface area contributed by atoms with Crippen LogP contribution < -0.4 is 5.32 Å². The number of amides is 1. The van der Waals surface area contributed by atoms with Gasteiger partial charge in [0.2, 0.25) is 0 Å². The predicted octanol–water partition coefficient (Wildman–Crippen LogP) is 5.07. The van der Waals surface area contributed by atoms with Gasteiger partial charge in [-0.3, -0.25) is 9.78 Å². The van der Waals surface area contributed by atoms with Crippen molar-refractivity contribution in [2.75, 3.05) is 26.2 Å². The standard InChI is InChI=1S/C21H26ClN3O.2ClH/c1-2-23-13-14-7-9-25(10-8-14)21(26)18-12-20(15-3-4-15)24-19-6-5-16(22)11-17(18)19;;/h5-6,11-12,14-15,23H,2-4,7-10,13H2,1H3;2*1H. The lowest BCUT2D eigenvalue weighted by Gasteiger charge is -2.32. The summed E-state index contributed by atoms with van der Waals surface area (Å²) in [6, 6.07) is 7.69. The third kappa shape index (κ3) is 5.10. The van der Waals surface area contributed by atoms with E-state index in [2.05, 4.69) is 12.2 Å². The van der Waals surface area contributed by atoms with E-state index >= 15 is 0 Å². The first-order valence-electron chi connectivity index (χ1n) is 9.76. The Bertz CT molecular complexity index is 818. The summed E-state index contributed by atoms with van der Waals surface area (Å²) in [6.45, 7) is 5.86. The molecule has 0 unspecified atom stereocenters. The number of likely N-dealkylation sites (tertiary alicyclic amines) is 1. The molecule has 0 atom stereocenters. The summed E-state index contributed by atoms with van der Waals surface area (Å²) in [6.07, 6.45) is 4.49. The SMILES string of the molecule is CCNCC1CCN(C(=O)c2cc(C3CC3)nc3ccc(Cl)cc23)CC1.Cl.Cl. The van der Waals surface area contributed by atoms with Gasteiger partial charge < -0.3 is 10.2 Å². The number of pyridine rings is 1. The van der Waals surface area contributed by atoms with E-state index in [9.17, 15) is 4.79 Å². The highest BCUT2D eigenvalue weighted by Gasteiger charge is 2.29. The van der Waals surface area contributed by atoms with Gasteiger partial charge in [-0.05, 0) is 69.0 Å². The van der Waals surface area contributed by atoms with Gasteiger partial charge in [0.05, 0.1) is 11.1 Å². The molecule has 0 spiro atoms.